The van der Waals surface area contributed by atoms with Gasteiger partial charge in [-0.25, -0.2) is 4.98 Å². The first kappa shape index (κ1) is 28.6. The molecule has 2 heterocycles. The fourth-order valence-corrected chi connectivity index (χ4v) is 4.99. The van der Waals surface area contributed by atoms with Gasteiger partial charge in [0.2, 0.25) is 5.91 Å². The van der Waals surface area contributed by atoms with Crippen LogP contribution in [-0.4, -0.2) is 52.8 Å². The van der Waals surface area contributed by atoms with E-state index in [2.05, 4.69) is 9.88 Å². The van der Waals surface area contributed by atoms with Crippen LogP contribution in [0, 0.1) is 6.92 Å². The number of rotatable bonds is 3. The Balaban J connectivity index is 1.71. The summed E-state index contributed by atoms with van der Waals surface area (Å²) in [7, 11) is 0. The summed E-state index contributed by atoms with van der Waals surface area (Å²) < 4.78 is 39.6. The van der Waals surface area contributed by atoms with Crippen molar-refractivity contribution in [1.29, 1.82) is 0 Å². The normalized spacial score (nSPS) is 15.4. The van der Waals surface area contributed by atoms with Crippen LogP contribution < -0.4 is 4.90 Å². The molecule has 1 aliphatic heterocycles. The first-order valence-electron chi connectivity index (χ1n) is 12.7. The molecule has 39 heavy (non-hydrogen) atoms. The van der Waals surface area contributed by atoms with E-state index in [4.69, 9.17) is 11.6 Å². The second-order valence-electron chi connectivity index (χ2n) is 9.61. The van der Waals surface area contributed by atoms with E-state index >= 15 is 0 Å². The predicted molar refractivity (Wildman–Crippen MR) is 145 cm³/mol. The van der Waals surface area contributed by atoms with Crippen molar-refractivity contribution in [3.63, 3.8) is 0 Å². The number of amides is 2. The molecular formula is C29H30ClF3N4O2. The summed E-state index contributed by atoms with van der Waals surface area (Å²) in [5, 5.41) is 0.456. The number of alkyl halides is 3. The topological polar surface area (TPSA) is 56.8 Å². The van der Waals surface area contributed by atoms with E-state index in [0.717, 1.165) is 11.6 Å². The number of carbonyl (C=O) groups excluding carboxylic acids is 2. The van der Waals surface area contributed by atoms with Crippen molar-refractivity contribution in [2.24, 2.45) is 0 Å². The second kappa shape index (κ2) is 12.2. The lowest BCUT2D eigenvalue weighted by Crippen LogP contribution is -2.39. The van der Waals surface area contributed by atoms with Crippen LogP contribution in [-0.2, 0) is 24.1 Å². The van der Waals surface area contributed by atoms with Crippen molar-refractivity contribution in [2.75, 3.05) is 31.1 Å². The number of fused-ring (bicyclic) bond motifs is 1. The van der Waals surface area contributed by atoms with Crippen molar-refractivity contribution in [3.05, 3.63) is 93.8 Å². The zero-order valence-corrected chi connectivity index (χ0v) is 22.6. The largest absolute Gasteiger partial charge is 0.433 e. The van der Waals surface area contributed by atoms with Gasteiger partial charge in [-0.05, 0) is 54.8 Å². The van der Waals surface area contributed by atoms with Gasteiger partial charge in [0.25, 0.3) is 5.91 Å². The number of carbonyl (C=O) groups is 2. The van der Waals surface area contributed by atoms with Crippen LogP contribution >= 0.6 is 11.6 Å². The number of nitrogens with zero attached hydrogens (tertiary/aromatic N) is 4. The van der Waals surface area contributed by atoms with Gasteiger partial charge in [0.05, 0.1) is 11.3 Å². The third-order valence-corrected chi connectivity index (χ3v) is 6.99. The van der Waals surface area contributed by atoms with E-state index in [-0.39, 0.29) is 23.7 Å². The Bertz CT molecular complexity index is 1330. The molecule has 0 spiro atoms. The summed E-state index contributed by atoms with van der Waals surface area (Å²) in [6.45, 7) is 5.71. The molecule has 1 aromatic heterocycles. The Labute approximate surface area is 231 Å². The van der Waals surface area contributed by atoms with Crippen molar-refractivity contribution in [2.45, 2.75) is 39.5 Å². The minimum Gasteiger partial charge on any atom is -0.333 e. The van der Waals surface area contributed by atoms with Crippen molar-refractivity contribution >= 4 is 29.1 Å². The number of hydrogen-bond donors (Lipinski definition) is 0. The fraction of sp³-hybridized carbons (Fsp3) is 0.345. The fourth-order valence-electron chi connectivity index (χ4n) is 4.79. The summed E-state index contributed by atoms with van der Waals surface area (Å²) in [4.78, 5) is 35.6. The second-order valence-corrected chi connectivity index (χ2v) is 10.0. The molecule has 1 aliphatic rings. The Morgan fingerprint density at radius 3 is 2.38 bits per heavy atom. The van der Waals surface area contributed by atoms with Gasteiger partial charge in [-0.3, -0.25) is 14.5 Å². The van der Waals surface area contributed by atoms with E-state index in [0.29, 0.717) is 55.4 Å². The highest BCUT2D eigenvalue weighted by molar-refractivity contribution is 6.30. The van der Waals surface area contributed by atoms with Gasteiger partial charge >= 0.3 is 6.18 Å². The maximum atomic E-state index is 13.8. The Morgan fingerprint density at radius 2 is 1.72 bits per heavy atom. The van der Waals surface area contributed by atoms with E-state index in [1.54, 1.807) is 28.0 Å². The van der Waals surface area contributed by atoms with E-state index in [9.17, 15) is 22.8 Å². The van der Waals surface area contributed by atoms with E-state index in [1.807, 2.05) is 30.3 Å². The number of anilines is 1. The molecule has 2 amide bonds. The number of aryl methyl sites for hydroxylation is 1. The first-order chi connectivity index (χ1) is 18.5. The molecule has 0 unspecified atom stereocenters. The summed E-state index contributed by atoms with van der Waals surface area (Å²) >= 11 is 6.31. The first-order valence-corrected chi connectivity index (χ1v) is 13.1. The Hall–Kier alpha value is -3.43. The monoisotopic (exact) mass is 558 g/mol. The quantitative estimate of drug-likeness (QED) is 0.398. The van der Waals surface area contributed by atoms with Gasteiger partial charge in [0.15, 0.2) is 0 Å². The zero-order valence-electron chi connectivity index (χ0n) is 21.8. The molecule has 10 heteroatoms. The van der Waals surface area contributed by atoms with Crippen molar-refractivity contribution in [1.82, 2.24) is 14.8 Å². The van der Waals surface area contributed by atoms with Crippen LogP contribution in [0.2, 0.25) is 5.02 Å². The maximum Gasteiger partial charge on any atom is 0.433 e. The van der Waals surface area contributed by atoms with Crippen LogP contribution in [0.3, 0.4) is 0 Å². The summed E-state index contributed by atoms with van der Waals surface area (Å²) in [5.74, 6) is -0.568. The SMILES string of the molecule is CC(=O)N1CCCN(Cc2ccccc2)CCN(C(=O)c2ccc(C(F)(F)F)nc2C)Cc2cc(Cl)ccc21. The molecule has 0 bridgehead atoms. The minimum absolute atomic E-state index is 0.00182. The molecule has 206 valence electrons. The van der Waals surface area contributed by atoms with Crippen LogP contribution in [0.25, 0.3) is 0 Å². The molecule has 3 aromatic rings. The molecule has 0 saturated carbocycles. The maximum absolute atomic E-state index is 13.8. The molecule has 0 atom stereocenters. The number of pyridine rings is 1. The van der Waals surface area contributed by atoms with Crippen LogP contribution in [0.1, 0.15) is 46.2 Å². The molecule has 6 nitrogen and oxygen atoms in total. The highest BCUT2D eigenvalue weighted by atomic mass is 35.5. The number of halogens is 4. The summed E-state index contributed by atoms with van der Waals surface area (Å²) in [5.41, 5.74) is 1.51. The molecule has 0 saturated heterocycles. The van der Waals surface area contributed by atoms with E-state index < -0.39 is 17.8 Å². The van der Waals surface area contributed by atoms with Gasteiger partial charge in [-0.15, -0.1) is 0 Å². The van der Waals surface area contributed by atoms with Gasteiger partial charge < -0.3 is 9.80 Å². The molecule has 0 N–H and O–H groups in total. The molecule has 4 rings (SSSR count). The third kappa shape index (κ3) is 7.16. The molecule has 2 aromatic carbocycles. The number of aromatic nitrogens is 1. The Morgan fingerprint density at radius 1 is 0.974 bits per heavy atom. The van der Waals surface area contributed by atoms with Crippen LogP contribution in [0.4, 0.5) is 18.9 Å². The highest BCUT2D eigenvalue weighted by Gasteiger charge is 2.33. The third-order valence-electron chi connectivity index (χ3n) is 6.76. The van der Waals surface area contributed by atoms with E-state index in [1.165, 1.54) is 19.9 Å². The lowest BCUT2D eigenvalue weighted by atomic mass is 10.1. The zero-order chi connectivity index (χ0) is 28.2. The van der Waals surface area contributed by atoms with Crippen LogP contribution in [0.15, 0.2) is 60.7 Å². The van der Waals surface area contributed by atoms with Gasteiger partial charge in [0, 0.05) is 56.9 Å². The van der Waals surface area contributed by atoms with Crippen LogP contribution in [0.5, 0.6) is 0 Å². The molecular weight excluding hydrogens is 529 g/mol. The minimum atomic E-state index is -4.61. The van der Waals surface area contributed by atoms with Gasteiger partial charge in [-0.1, -0.05) is 41.9 Å². The number of hydrogen-bond acceptors (Lipinski definition) is 4. The van der Waals surface area contributed by atoms with Gasteiger partial charge in [-0.2, -0.15) is 13.2 Å². The number of benzene rings is 2. The standard InChI is InChI=1S/C29H30ClF3N4O2/c1-20-25(10-12-27(34-20)29(31,32)33)28(39)36-16-15-35(18-22-7-4-3-5-8-22)13-6-14-37(21(2)38)26-11-9-24(30)17-23(26)19-36/h3-5,7-12,17H,6,13-16,18-19H2,1-2H3. The Kier molecular flexibility index (Phi) is 8.92. The lowest BCUT2D eigenvalue weighted by molar-refractivity contribution is -0.141. The average Bonchev–Trinajstić information content (AvgIpc) is 2.91. The molecule has 0 radical (unpaired) electrons. The van der Waals surface area contributed by atoms with Crippen molar-refractivity contribution in [3.8, 4) is 0 Å². The molecule has 0 fully saturated rings. The summed E-state index contributed by atoms with van der Waals surface area (Å²) in [6, 6.07) is 17.2. The average molecular weight is 559 g/mol. The smallest absolute Gasteiger partial charge is 0.333 e. The summed E-state index contributed by atoms with van der Waals surface area (Å²) in [6.07, 6.45) is -3.89. The van der Waals surface area contributed by atoms with Gasteiger partial charge in [0.1, 0.15) is 5.69 Å². The lowest BCUT2D eigenvalue weighted by Gasteiger charge is -2.28. The highest BCUT2D eigenvalue weighted by Crippen LogP contribution is 2.30. The predicted octanol–water partition coefficient (Wildman–Crippen LogP) is 5.96. The van der Waals surface area contributed by atoms with Crippen molar-refractivity contribution < 1.29 is 22.8 Å². The molecule has 0 aliphatic carbocycles.